The van der Waals surface area contributed by atoms with E-state index >= 15 is 0 Å². The van der Waals surface area contributed by atoms with Crippen LogP contribution in [0.1, 0.15) is 39.0 Å². The predicted molar refractivity (Wildman–Crippen MR) is 83.0 cm³/mol. The van der Waals surface area contributed by atoms with Crippen LogP contribution in [0.15, 0.2) is 11.2 Å². The second-order valence-electron chi connectivity index (χ2n) is 5.60. The summed E-state index contributed by atoms with van der Waals surface area (Å²) in [4.78, 5) is 8.90. The standard InChI is InChI=1S/C14H24N4S/c1-14(7-5-4-6-8-14)10-16-12-9-11(15-2)17-13(18-12)19-3/h9H,4-8,10H2,1-3H3,(H2,15,16,17,18). The van der Waals surface area contributed by atoms with Crippen LogP contribution in [-0.4, -0.2) is 29.8 Å². The molecule has 0 bridgehead atoms. The highest BCUT2D eigenvalue weighted by atomic mass is 32.2. The normalized spacial score (nSPS) is 18.1. The highest BCUT2D eigenvalue weighted by Crippen LogP contribution is 2.35. The molecule has 1 aliphatic carbocycles. The SMILES string of the molecule is CNc1cc(NCC2(C)CCCCC2)nc(SC)n1. The molecular weight excluding hydrogens is 256 g/mol. The molecule has 0 amide bonds. The van der Waals surface area contributed by atoms with Crippen molar-refractivity contribution in [3.63, 3.8) is 0 Å². The fourth-order valence-corrected chi connectivity index (χ4v) is 3.00. The molecule has 2 N–H and O–H groups in total. The predicted octanol–water partition coefficient (Wildman–Crippen LogP) is 3.62. The van der Waals surface area contributed by atoms with Crippen LogP contribution in [0.25, 0.3) is 0 Å². The van der Waals surface area contributed by atoms with Crippen molar-refractivity contribution >= 4 is 23.4 Å². The van der Waals surface area contributed by atoms with Crippen molar-refractivity contribution in [3.05, 3.63) is 6.07 Å². The van der Waals surface area contributed by atoms with Gasteiger partial charge < -0.3 is 10.6 Å². The lowest BCUT2D eigenvalue weighted by Crippen LogP contribution is -2.29. The Bertz CT molecular complexity index is 394. The molecule has 1 aromatic heterocycles. The molecule has 1 saturated carbocycles. The van der Waals surface area contributed by atoms with Crippen molar-refractivity contribution in [3.8, 4) is 0 Å². The molecule has 0 saturated heterocycles. The van der Waals surface area contributed by atoms with E-state index < -0.39 is 0 Å². The first-order chi connectivity index (χ1) is 9.15. The Balaban J connectivity index is 2.02. The average molecular weight is 280 g/mol. The molecule has 0 aliphatic heterocycles. The molecule has 1 aliphatic rings. The number of hydrogen-bond acceptors (Lipinski definition) is 5. The van der Waals surface area contributed by atoms with Crippen LogP contribution in [0.2, 0.25) is 0 Å². The highest BCUT2D eigenvalue weighted by molar-refractivity contribution is 7.98. The van der Waals surface area contributed by atoms with Crippen LogP contribution in [0, 0.1) is 5.41 Å². The van der Waals surface area contributed by atoms with Gasteiger partial charge in [0, 0.05) is 19.7 Å². The number of anilines is 2. The molecule has 0 atom stereocenters. The van der Waals surface area contributed by atoms with Gasteiger partial charge in [-0.1, -0.05) is 37.9 Å². The molecule has 1 aromatic rings. The van der Waals surface area contributed by atoms with E-state index in [0.717, 1.165) is 23.3 Å². The number of nitrogens with one attached hydrogen (secondary N) is 2. The van der Waals surface area contributed by atoms with Gasteiger partial charge in [-0.25, -0.2) is 9.97 Å². The smallest absolute Gasteiger partial charge is 0.191 e. The Morgan fingerprint density at radius 2 is 1.89 bits per heavy atom. The zero-order valence-electron chi connectivity index (χ0n) is 12.1. The fourth-order valence-electron chi connectivity index (χ4n) is 2.62. The van der Waals surface area contributed by atoms with Gasteiger partial charge in [0.05, 0.1) is 0 Å². The maximum atomic E-state index is 4.52. The average Bonchev–Trinajstić information content (AvgIpc) is 2.45. The molecule has 0 aromatic carbocycles. The molecular formula is C14H24N4S. The number of thioether (sulfide) groups is 1. The molecule has 5 heteroatoms. The molecule has 106 valence electrons. The van der Waals surface area contributed by atoms with Gasteiger partial charge in [0.2, 0.25) is 0 Å². The lowest BCUT2D eigenvalue weighted by atomic mass is 9.76. The van der Waals surface area contributed by atoms with E-state index in [1.54, 1.807) is 11.8 Å². The second-order valence-corrected chi connectivity index (χ2v) is 6.37. The van der Waals surface area contributed by atoms with Crippen molar-refractivity contribution in [2.45, 2.75) is 44.2 Å². The summed E-state index contributed by atoms with van der Waals surface area (Å²) < 4.78 is 0. The lowest BCUT2D eigenvalue weighted by Gasteiger charge is -2.33. The van der Waals surface area contributed by atoms with E-state index in [9.17, 15) is 0 Å². The summed E-state index contributed by atoms with van der Waals surface area (Å²) >= 11 is 1.57. The van der Waals surface area contributed by atoms with E-state index in [-0.39, 0.29) is 0 Å². The first-order valence-electron chi connectivity index (χ1n) is 7.00. The number of nitrogens with zero attached hydrogens (tertiary/aromatic N) is 2. The minimum Gasteiger partial charge on any atom is -0.373 e. The molecule has 4 nitrogen and oxygen atoms in total. The van der Waals surface area contributed by atoms with Crippen LogP contribution >= 0.6 is 11.8 Å². The van der Waals surface area contributed by atoms with Crippen LogP contribution in [0.3, 0.4) is 0 Å². The van der Waals surface area contributed by atoms with Crippen LogP contribution in [-0.2, 0) is 0 Å². The Morgan fingerprint density at radius 1 is 1.21 bits per heavy atom. The Morgan fingerprint density at radius 3 is 2.53 bits per heavy atom. The first kappa shape index (κ1) is 14.4. The third-order valence-corrected chi connectivity index (χ3v) is 4.45. The number of hydrogen-bond donors (Lipinski definition) is 2. The molecule has 0 unspecified atom stereocenters. The van der Waals surface area contributed by atoms with E-state index in [4.69, 9.17) is 0 Å². The van der Waals surface area contributed by atoms with Gasteiger partial charge in [-0.2, -0.15) is 0 Å². The molecule has 0 radical (unpaired) electrons. The van der Waals surface area contributed by atoms with Crippen molar-refractivity contribution < 1.29 is 0 Å². The third kappa shape index (κ3) is 4.00. The van der Waals surface area contributed by atoms with Crippen molar-refractivity contribution in [1.82, 2.24) is 9.97 Å². The molecule has 0 spiro atoms. The molecule has 2 rings (SSSR count). The first-order valence-corrected chi connectivity index (χ1v) is 8.22. The van der Waals surface area contributed by atoms with Crippen molar-refractivity contribution in [2.75, 3.05) is 30.5 Å². The van der Waals surface area contributed by atoms with Gasteiger partial charge in [-0.15, -0.1) is 0 Å². The van der Waals surface area contributed by atoms with Gasteiger partial charge in [0.25, 0.3) is 0 Å². The summed E-state index contributed by atoms with van der Waals surface area (Å²) in [7, 11) is 1.89. The van der Waals surface area contributed by atoms with E-state index in [2.05, 4.69) is 27.5 Å². The zero-order chi connectivity index (χ0) is 13.7. The van der Waals surface area contributed by atoms with Crippen LogP contribution < -0.4 is 10.6 Å². The number of rotatable bonds is 5. The number of aromatic nitrogens is 2. The van der Waals surface area contributed by atoms with Crippen molar-refractivity contribution in [1.29, 1.82) is 0 Å². The largest absolute Gasteiger partial charge is 0.373 e. The second kappa shape index (κ2) is 6.46. The van der Waals surface area contributed by atoms with Crippen LogP contribution in [0.5, 0.6) is 0 Å². The Kier molecular flexibility index (Phi) is 4.91. The molecule has 1 heterocycles. The van der Waals surface area contributed by atoms with Gasteiger partial charge in [0.1, 0.15) is 11.6 Å². The fraction of sp³-hybridized carbons (Fsp3) is 0.714. The summed E-state index contributed by atoms with van der Waals surface area (Å²) in [5.41, 5.74) is 0.419. The summed E-state index contributed by atoms with van der Waals surface area (Å²) in [5, 5.41) is 7.39. The van der Waals surface area contributed by atoms with Gasteiger partial charge >= 0.3 is 0 Å². The maximum absolute atomic E-state index is 4.52. The van der Waals surface area contributed by atoms with Gasteiger partial charge in [-0.05, 0) is 24.5 Å². The Hall–Kier alpha value is -0.970. The monoisotopic (exact) mass is 280 g/mol. The summed E-state index contributed by atoms with van der Waals surface area (Å²) in [5.74, 6) is 1.80. The van der Waals surface area contributed by atoms with Crippen molar-refractivity contribution in [2.24, 2.45) is 5.41 Å². The van der Waals surface area contributed by atoms with Crippen LogP contribution in [0.4, 0.5) is 11.6 Å². The minimum absolute atomic E-state index is 0.419. The van der Waals surface area contributed by atoms with Gasteiger partial charge in [0.15, 0.2) is 5.16 Å². The summed E-state index contributed by atoms with van der Waals surface area (Å²) in [6, 6.07) is 1.98. The third-order valence-electron chi connectivity index (χ3n) is 3.90. The topological polar surface area (TPSA) is 49.8 Å². The summed E-state index contributed by atoms with van der Waals surface area (Å²) in [6.45, 7) is 3.38. The zero-order valence-corrected chi connectivity index (χ0v) is 12.9. The van der Waals surface area contributed by atoms with E-state index in [1.165, 1.54) is 32.1 Å². The maximum Gasteiger partial charge on any atom is 0.191 e. The quantitative estimate of drug-likeness (QED) is 0.637. The molecule has 19 heavy (non-hydrogen) atoms. The van der Waals surface area contributed by atoms with E-state index in [1.807, 2.05) is 19.4 Å². The van der Waals surface area contributed by atoms with Gasteiger partial charge in [-0.3, -0.25) is 0 Å². The minimum atomic E-state index is 0.419. The van der Waals surface area contributed by atoms with E-state index in [0.29, 0.717) is 5.41 Å². The molecule has 1 fully saturated rings. The lowest BCUT2D eigenvalue weighted by molar-refractivity contribution is 0.233. The highest BCUT2D eigenvalue weighted by Gasteiger charge is 2.26. The summed E-state index contributed by atoms with van der Waals surface area (Å²) in [6.07, 6.45) is 8.75. The Labute approximate surface area is 120 Å².